The molecule has 3 amide bonds. The number of carbonyl (C=O) groups excluding carboxylic acids is 2. The summed E-state index contributed by atoms with van der Waals surface area (Å²) in [5.41, 5.74) is 4.54. The zero-order valence-electron chi connectivity index (χ0n) is 17.5. The molecule has 3 aromatic rings. The number of fused-ring (bicyclic) bond motifs is 2. The Labute approximate surface area is 196 Å². The summed E-state index contributed by atoms with van der Waals surface area (Å²) in [5, 5.41) is 3.46. The van der Waals surface area contributed by atoms with Gasteiger partial charge in [0.15, 0.2) is 4.87 Å². The van der Waals surface area contributed by atoms with Crippen LogP contribution in [0.2, 0.25) is 5.02 Å². The summed E-state index contributed by atoms with van der Waals surface area (Å²) in [7, 11) is 0. The SMILES string of the molecule is Cc1ccc(CN2C(=O)[C@@]3(SCCN3C(=O)Nc3cccc(Cl)c3)c3ccccc32)cc1. The number of nitrogens with one attached hydrogen (secondary N) is 1. The van der Waals surface area contributed by atoms with E-state index in [0.29, 0.717) is 29.6 Å². The van der Waals surface area contributed by atoms with Gasteiger partial charge in [0.05, 0.1) is 12.2 Å². The Balaban J connectivity index is 1.50. The van der Waals surface area contributed by atoms with Crippen molar-refractivity contribution in [2.75, 3.05) is 22.5 Å². The second-order valence-corrected chi connectivity index (χ2v) is 9.70. The average molecular weight is 464 g/mol. The third kappa shape index (κ3) is 3.44. The summed E-state index contributed by atoms with van der Waals surface area (Å²) in [6, 6.07) is 22.7. The van der Waals surface area contributed by atoms with E-state index in [1.165, 1.54) is 17.3 Å². The van der Waals surface area contributed by atoms with Crippen molar-refractivity contribution in [3.05, 3.63) is 94.5 Å². The van der Waals surface area contributed by atoms with Crippen LogP contribution < -0.4 is 10.2 Å². The number of benzene rings is 3. The zero-order chi connectivity index (χ0) is 22.3. The van der Waals surface area contributed by atoms with Crippen LogP contribution in [0.1, 0.15) is 16.7 Å². The van der Waals surface area contributed by atoms with Gasteiger partial charge in [0, 0.05) is 28.6 Å². The normalized spacial score (nSPS) is 19.5. The molecule has 0 bridgehead atoms. The van der Waals surface area contributed by atoms with Gasteiger partial charge in [-0.1, -0.05) is 65.7 Å². The maximum atomic E-state index is 13.9. The summed E-state index contributed by atoms with van der Waals surface area (Å²) >= 11 is 7.59. The number of para-hydroxylation sites is 1. The van der Waals surface area contributed by atoms with Gasteiger partial charge in [-0.2, -0.15) is 0 Å². The number of rotatable bonds is 3. The van der Waals surface area contributed by atoms with Crippen molar-refractivity contribution >= 4 is 46.7 Å². The van der Waals surface area contributed by atoms with Gasteiger partial charge in [-0.15, -0.1) is 11.8 Å². The largest absolute Gasteiger partial charge is 0.323 e. The Hall–Kier alpha value is -2.96. The lowest BCUT2D eigenvalue weighted by Crippen LogP contribution is -2.51. The predicted molar refractivity (Wildman–Crippen MR) is 130 cm³/mol. The predicted octanol–water partition coefficient (Wildman–Crippen LogP) is 5.63. The topological polar surface area (TPSA) is 52.7 Å². The fourth-order valence-electron chi connectivity index (χ4n) is 4.36. The molecule has 2 heterocycles. The van der Waals surface area contributed by atoms with Gasteiger partial charge in [-0.25, -0.2) is 4.79 Å². The standard InChI is InChI=1S/C25H22ClN3O2S/c1-17-9-11-18(12-10-17)16-28-22-8-3-2-7-21(22)25(23(28)30)29(13-14-32-25)24(31)27-20-6-4-5-19(26)15-20/h2-12,15H,13-14,16H2,1H3,(H,27,31)/t25-/m0/s1. The molecule has 0 unspecified atom stereocenters. The van der Waals surface area contributed by atoms with Crippen molar-refractivity contribution < 1.29 is 9.59 Å². The van der Waals surface area contributed by atoms with Gasteiger partial charge in [0.1, 0.15) is 0 Å². The molecule has 0 aromatic heterocycles. The third-order valence-corrected chi connectivity index (χ3v) is 7.54. The first kappa shape index (κ1) is 20.9. The number of thioether (sulfide) groups is 1. The van der Waals surface area contributed by atoms with Gasteiger partial charge in [-0.05, 0) is 36.8 Å². The lowest BCUT2D eigenvalue weighted by molar-refractivity contribution is -0.123. The molecule has 3 aromatic carbocycles. The highest BCUT2D eigenvalue weighted by Gasteiger charge is 2.59. The molecule has 0 radical (unpaired) electrons. The lowest BCUT2D eigenvalue weighted by Gasteiger charge is -2.33. The molecule has 0 saturated carbocycles. The first-order valence-electron chi connectivity index (χ1n) is 10.4. The first-order chi connectivity index (χ1) is 15.5. The molecule has 7 heteroatoms. The quantitative estimate of drug-likeness (QED) is 0.547. The minimum atomic E-state index is -1.07. The Morgan fingerprint density at radius 1 is 1.09 bits per heavy atom. The summed E-state index contributed by atoms with van der Waals surface area (Å²) in [4.78, 5) is 29.7. The molecular formula is C25H22ClN3O2S. The molecule has 32 heavy (non-hydrogen) atoms. The summed E-state index contributed by atoms with van der Waals surface area (Å²) in [6.07, 6.45) is 0. The monoisotopic (exact) mass is 463 g/mol. The van der Waals surface area contributed by atoms with Crippen LogP contribution in [0.4, 0.5) is 16.2 Å². The molecule has 1 saturated heterocycles. The van der Waals surface area contributed by atoms with E-state index in [9.17, 15) is 9.59 Å². The number of amides is 3. The van der Waals surface area contributed by atoms with Crippen LogP contribution in [-0.4, -0.2) is 29.1 Å². The average Bonchev–Trinajstić information content (AvgIpc) is 3.33. The molecule has 1 N–H and O–H groups in total. The Morgan fingerprint density at radius 2 is 1.88 bits per heavy atom. The summed E-state index contributed by atoms with van der Waals surface area (Å²) in [6.45, 7) is 2.98. The van der Waals surface area contributed by atoms with Crippen LogP contribution in [0.15, 0.2) is 72.8 Å². The second-order valence-electron chi connectivity index (χ2n) is 7.98. The van der Waals surface area contributed by atoms with Crippen LogP contribution in [-0.2, 0) is 16.2 Å². The molecule has 1 spiro atoms. The van der Waals surface area contributed by atoms with Crippen molar-refractivity contribution in [1.29, 1.82) is 0 Å². The van der Waals surface area contributed by atoms with Crippen LogP contribution >= 0.6 is 23.4 Å². The maximum Gasteiger partial charge on any atom is 0.323 e. The number of hydrogen-bond donors (Lipinski definition) is 1. The van der Waals surface area contributed by atoms with Gasteiger partial charge >= 0.3 is 6.03 Å². The number of nitrogens with zero attached hydrogens (tertiary/aromatic N) is 2. The summed E-state index contributed by atoms with van der Waals surface area (Å²) in [5.74, 6) is 0.601. The fourth-order valence-corrected chi connectivity index (χ4v) is 6.01. The van der Waals surface area contributed by atoms with E-state index in [4.69, 9.17) is 11.6 Å². The van der Waals surface area contributed by atoms with Crippen molar-refractivity contribution in [1.82, 2.24) is 4.90 Å². The van der Waals surface area contributed by atoms with Crippen LogP contribution in [0.5, 0.6) is 0 Å². The van der Waals surface area contributed by atoms with Gasteiger partial charge in [-0.3, -0.25) is 9.69 Å². The molecule has 1 fully saturated rings. The fraction of sp³-hybridized carbons (Fsp3) is 0.200. The van der Waals surface area contributed by atoms with E-state index in [0.717, 1.165) is 16.8 Å². The van der Waals surface area contributed by atoms with E-state index in [2.05, 4.69) is 5.32 Å². The maximum absolute atomic E-state index is 13.9. The smallest absolute Gasteiger partial charge is 0.308 e. The van der Waals surface area contributed by atoms with Gasteiger partial charge in [0.2, 0.25) is 0 Å². The second kappa shape index (κ2) is 8.19. The van der Waals surface area contributed by atoms with Crippen molar-refractivity contribution in [3.8, 4) is 0 Å². The number of hydrogen-bond acceptors (Lipinski definition) is 3. The van der Waals surface area contributed by atoms with Crippen LogP contribution in [0, 0.1) is 6.92 Å². The molecule has 162 valence electrons. The Bertz CT molecular complexity index is 1200. The van der Waals surface area contributed by atoms with Gasteiger partial charge < -0.3 is 10.2 Å². The first-order valence-corrected chi connectivity index (χ1v) is 11.8. The Kier molecular flexibility index (Phi) is 5.35. The van der Waals surface area contributed by atoms with E-state index in [1.807, 2.05) is 55.5 Å². The number of halogens is 1. The number of carbonyl (C=O) groups is 2. The highest BCUT2D eigenvalue weighted by Crippen LogP contribution is 2.54. The number of urea groups is 1. The minimum absolute atomic E-state index is 0.0805. The molecule has 2 aliphatic heterocycles. The van der Waals surface area contributed by atoms with E-state index >= 15 is 0 Å². The molecule has 5 rings (SSSR count). The third-order valence-electron chi connectivity index (χ3n) is 5.88. The molecule has 2 aliphatic rings. The minimum Gasteiger partial charge on any atom is -0.308 e. The van der Waals surface area contributed by atoms with Crippen LogP contribution in [0.25, 0.3) is 0 Å². The summed E-state index contributed by atoms with van der Waals surface area (Å²) < 4.78 is 0. The molecule has 5 nitrogen and oxygen atoms in total. The molecule has 1 atom stereocenters. The highest BCUT2D eigenvalue weighted by molar-refractivity contribution is 8.01. The van der Waals surface area contributed by atoms with Gasteiger partial charge in [0.25, 0.3) is 5.91 Å². The molecule has 0 aliphatic carbocycles. The van der Waals surface area contributed by atoms with E-state index in [1.54, 1.807) is 34.1 Å². The van der Waals surface area contributed by atoms with Crippen molar-refractivity contribution in [2.24, 2.45) is 0 Å². The number of anilines is 2. The van der Waals surface area contributed by atoms with E-state index in [-0.39, 0.29) is 11.9 Å². The highest BCUT2D eigenvalue weighted by atomic mass is 35.5. The van der Waals surface area contributed by atoms with Crippen LogP contribution in [0.3, 0.4) is 0 Å². The van der Waals surface area contributed by atoms with E-state index < -0.39 is 4.87 Å². The van der Waals surface area contributed by atoms with Crippen molar-refractivity contribution in [3.63, 3.8) is 0 Å². The molecular weight excluding hydrogens is 442 g/mol. The number of aryl methyl sites for hydroxylation is 1. The zero-order valence-corrected chi connectivity index (χ0v) is 19.1. The lowest BCUT2D eigenvalue weighted by atomic mass is 10.1. The Morgan fingerprint density at radius 3 is 2.66 bits per heavy atom. The van der Waals surface area contributed by atoms with Crippen molar-refractivity contribution in [2.45, 2.75) is 18.3 Å².